The number of phosphoric acid groups is 2. The summed E-state index contributed by atoms with van der Waals surface area (Å²) in [6, 6.07) is 0. The van der Waals surface area contributed by atoms with Gasteiger partial charge in [-0.25, -0.2) is 9.13 Å². The summed E-state index contributed by atoms with van der Waals surface area (Å²) < 4.78 is 68.7. The highest BCUT2D eigenvalue weighted by Gasteiger charge is 2.30. The molecule has 0 fully saturated rings. The number of carbonyl (C=O) groups is 4. The molecule has 0 bridgehead atoms. The molecule has 0 aromatic rings. The van der Waals surface area contributed by atoms with Crippen molar-refractivity contribution >= 4 is 39.5 Å². The molecule has 0 radical (unpaired) electrons. The molecule has 5 atom stereocenters. The van der Waals surface area contributed by atoms with E-state index >= 15 is 0 Å². The van der Waals surface area contributed by atoms with Crippen LogP contribution in [0.3, 0.4) is 0 Å². The number of carbonyl (C=O) groups excluding carboxylic acids is 4. The summed E-state index contributed by atoms with van der Waals surface area (Å²) in [5, 5.41) is 10.7. The van der Waals surface area contributed by atoms with E-state index in [1.54, 1.807) is 0 Å². The van der Waals surface area contributed by atoms with Crippen molar-refractivity contribution in [2.45, 2.75) is 439 Å². The largest absolute Gasteiger partial charge is 0.472 e. The lowest BCUT2D eigenvalue weighted by molar-refractivity contribution is -0.161. The predicted molar refractivity (Wildman–Crippen MR) is 427 cm³/mol. The van der Waals surface area contributed by atoms with Gasteiger partial charge in [0.05, 0.1) is 26.4 Å². The van der Waals surface area contributed by atoms with Crippen LogP contribution in [0, 0.1) is 17.8 Å². The molecule has 3 unspecified atom stereocenters. The summed E-state index contributed by atoms with van der Waals surface area (Å²) in [6.07, 6.45) is 67.7. The first-order chi connectivity index (χ1) is 50.2. The van der Waals surface area contributed by atoms with Gasteiger partial charge in [0.25, 0.3) is 0 Å². The van der Waals surface area contributed by atoms with E-state index in [1.165, 1.54) is 205 Å². The van der Waals surface area contributed by atoms with Crippen molar-refractivity contribution in [1.82, 2.24) is 0 Å². The van der Waals surface area contributed by atoms with Gasteiger partial charge in [0.2, 0.25) is 0 Å². The van der Waals surface area contributed by atoms with E-state index in [4.69, 9.17) is 37.0 Å². The van der Waals surface area contributed by atoms with Crippen molar-refractivity contribution < 1.29 is 80.2 Å². The number of allylic oxidation sites excluding steroid dienone is 4. The van der Waals surface area contributed by atoms with Crippen LogP contribution in [0.4, 0.5) is 0 Å². The molecule has 0 saturated heterocycles. The third-order valence-corrected chi connectivity index (χ3v) is 21.2. The Bertz CT molecular complexity index is 2100. The van der Waals surface area contributed by atoms with Gasteiger partial charge in [-0.2, -0.15) is 0 Å². The SMILES string of the molecule is CCCCCC/C=C\C=C/CCCCCCCC(=O)OC[C@H](COP(=O)(O)OCC(O)COP(=O)(O)OC[C@@H](COC(=O)CCCCCCCCC(C)C)OC(=O)CCCCCCCCCCCCCCCCCCC(C)C)OC(=O)CCCCCCCCCCCCCCCCCCCCC(C)C. The van der Waals surface area contributed by atoms with Crippen LogP contribution in [0.1, 0.15) is 421 Å². The Labute approximate surface area is 637 Å². The van der Waals surface area contributed by atoms with Crippen molar-refractivity contribution in [3.63, 3.8) is 0 Å². The number of hydrogen-bond donors (Lipinski definition) is 3. The smallest absolute Gasteiger partial charge is 0.462 e. The summed E-state index contributed by atoms with van der Waals surface area (Å²) in [6.45, 7) is 11.9. The molecule has 3 N–H and O–H groups in total. The maximum atomic E-state index is 13.1. The Morgan fingerprint density at radius 2 is 0.519 bits per heavy atom. The van der Waals surface area contributed by atoms with Gasteiger partial charge in [-0.15, -0.1) is 0 Å². The highest BCUT2D eigenvalue weighted by molar-refractivity contribution is 7.47. The number of aliphatic hydroxyl groups is 1. The van der Waals surface area contributed by atoms with Gasteiger partial charge in [-0.3, -0.25) is 37.3 Å². The number of hydrogen-bond acceptors (Lipinski definition) is 15. The second-order valence-corrected chi connectivity index (χ2v) is 34.2. The molecule has 17 nitrogen and oxygen atoms in total. The van der Waals surface area contributed by atoms with Crippen molar-refractivity contribution in [2.24, 2.45) is 17.8 Å². The van der Waals surface area contributed by atoms with Gasteiger partial charge in [0.1, 0.15) is 19.3 Å². The molecule has 19 heteroatoms. The van der Waals surface area contributed by atoms with Crippen molar-refractivity contribution in [2.75, 3.05) is 39.6 Å². The Kier molecular flexibility index (Phi) is 72.9. The van der Waals surface area contributed by atoms with Crippen LogP contribution in [0.5, 0.6) is 0 Å². The lowest BCUT2D eigenvalue weighted by Gasteiger charge is -2.21. The van der Waals surface area contributed by atoms with Crippen LogP contribution in [-0.2, 0) is 65.4 Å². The molecular formula is C85H162O17P2. The van der Waals surface area contributed by atoms with Crippen LogP contribution < -0.4 is 0 Å². The molecule has 0 aliphatic rings. The summed E-state index contributed by atoms with van der Waals surface area (Å²) >= 11 is 0. The van der Waals surface area contributed by atoms with Gasteiger partial charge in [-0.1, -0.05) is 368 Å². The standard InChI is InChI=1S/C85H162O17P2/c1-8-9-10-11-12-13-14-15-22-29-34-39-44-52-59-66-82(87)95-72-80(101-84(89)68-61-54-45-40-35-30-25-19-17-16-18-23-27-32-37-42-49-56-63-76(2)3)74-99-103(91,92)97-70-79(86)71-98-104(93,94)100-75-81(73-96-83(88)67-60-53-48-47-51-58-65-78(6)7)102-85(90)69-62-55-46-41-36-31-26-21-20-24-28-33-38-43-50-57-64-77(4)5/h13-15,22,76-81,86H,8-12,16-21,23-75H2,1-7H3,(H,91,92)(H,93,94)/b14-13-,22-15-/t79?,80-,81-/m1/s1. The third-order valence-electron chi connectivity index (χ3n) is 19.3. The van der Waals surface area contributed by atoms with Crippen molar-refractivity contribution in [3.05, 3.63) is 24.3 Å². The van der Waals surface area contributed by atoms with Gasteiger partial charge < -0.3 is 33.8 Å². The molecule has 0 saturated carbocycles. The number of ether oxygens (including phenoxy) is 4. The van der Waals surface area contributed by atoms with Gasteiger partial charge in [-0.05, 0) is 69.1 Å². The molecule has 0 aliphatic carbocycles. The number of phosphoric ester groups is 2. The molecule has 0 spiro atoms. The molecule has 0 amide bonds. The molecular weight excluding hydrogens is 1350 g/mol. The fraction of sp³-hybridized carbons (Fsp3) is 0.906. The van der Waals surface area contributed by atoms with E-state index in [1.807, 2.05) is 0 Å². The van der Waals surface area contributed by atoms with Crippen LogP contribution in [0.25, 0.3) is 0 Å². The second-order valence-electron chi connectivity index (χ2n) is 31.3. The number of unbranched alkanes of at least 4 members (excludes halogenated alkanes) is 46. The van der Waals surface area contributed by atoms with E-state index < -0.39 is 97.5 Å². The van der Waals surface area contributed by atoms with E-state index in [0.717, 1.165) is 127 Å². The first-order valence-corrected chi connectivity index (χ1v) is 46.2. The monoisotopic (exact) mass is 1520 g/mol. The van der Waals surface area contributed by atoms with Gasteiger partial charge in [0.15, 0.2) is 12.2 Å². The van der Waals surface area contributed by atoms with E-state index in [2.05, 4.69) is 72.8 Å². The third kappa shape index (κ3) is 77.7. The maximum Gasteiger partial charge on any atom is 0.472 e. The fourth-order valence-corrected chi connectivity index (χ4v) is 14.2. The Hall–Kier alpha value is -2.46. The van der Waals surface area contributed by atoms with Crippen LogP contribution in [-0.4, -0.2) is 96.7 Å². The molecule has 0 heterocycles. The topological polar surface area (TPSA) is 237 Å². The Morgan fingerprint density at radius 3 is 0.779 bits per heavy atom. The summed E-state index contributed by atoms with van der Waals surface area (Å²) in [7, 11) is -9.94. The quantitative estimate of drug-likeness (QED) is 0.0169. The average molecular weight is 1520 g/mol. The first kappa shape index (κ1) is 102. The summed E-state index contributed by atoms with van der Waals surface area (Å²) in [4.78, 5) is 73.1. The summed E-state index contributed by atoms with van der Waals surface area (Å²) in [5.41, 5.74) is 0. The van der Waals surface area contributed by atoms with Crippen LogP contribution in [0.15, 0.2) is 24.3 Å². The minimum absolute atomic E-state index is 0.101. The molecule has 0 aromatic heterocycles. The van der Waals surface area contributed by atoms with Crippen LogP contribution in [0.2, 0.25) is 0 Å². The minimum Gasteiger partial charge on any atom is -0.462 e. The molecule has 0 aromatic carbocycles. The van der Waals surface area contributed by atoms with Crippen molar-refractivity contribution in [3.8, 4) is 0 Å². The fourth-order valence-electron chi connectivity index (χ4n) is 12.7. The number of aliphatic hydroxyl groups excluding tert-OH is 1. The number of esters is 4. The zero-order valence-corrected chi connectivity index (χ0v) is 69.8. The van der Waals surface area contributed by atoms with E-state index in [9.17, 15) is 43.2 Å². The first-order valence-electron chi connectivity index (χ1n) is 43.2. The van der Waals surface area contributed by atoms with Gasteiger partial charge in [0, 0.05) is 25.7 Å². The zero-order chi connectivity index (χ0) is 76.5. The average Bonchev–Trinajstić information content (AvgIpc) is 0.903. The lowest BCUT2D eigenvalue weighted by Crippen LogP contribution is -2.30. The highest BCUT2D eigenvalue weighted by atomic mass is 31.2. The highest BCUT2D eigenvalue weighted by Crippen LogP contribution is 2.45. The molecule has 0 aliphatic heterocycles. The molecule has 614 valence electrons. The second kappa shape index (κ2) is 74.6. The number of rotatable bonds is 81. The Morgan fingerprint density at radius 1 is 0.298 bits per heavy atom. The normalized spacial score (nSPS) is 14.0. The van der Waals surface area contributed by atoms with E-state index in [0.29, 0.717) is 31.6 Å². The maximum absolute atomic E-state index is 13.1. The zero-order valence-electron chi connectivity index (χ0n) is 68.0. The van der Waals surface area contributed by atoms with Crippen molar-refractivity contribution in [1.29, 1.82) is 0 Å². The lowest BCUT2D eigenvalue weighted by atomic mass is 10.0. The molecule has 0 rings (SSSR count). The summed E-state index contributed by atoms with van der Waals surface area (Å²) in [5.74, 6) is 0.165. The van der Waals surface area contributed by atoms with Gasteiger partial charge >= 0.3 is 39.5 Å². The minimum atomic E-state index is -4.97. The van der Waals surface area contributed by atoms with E-state index in [-0.39, 0.29) is 25.7 Å². The Balaban J connectivity index is 5.22. The predicted octanol–water partition coefficient (Wildman–Crippen LogP) is 25.3. The molecule has 104 heavy (non-hydrogen) atoms. The van der Waals surface area contributed by atoms with Crippen LogP contribution >= 0.6 is 15.6 Å².